The number of carbonyl (C=O) groups excluding carboxylic acids is 1. The molecule has 1 unspecified atom stereocenters. The van der Waals surface area contributed by atoms with Gasteiger partial charge in [0, 0.05) is 13.1 Å². The van der Waals surface area contributed by atoms with Crippen molar-refractivity contribution in [3.05, 3.63) is 35.9 Å². The summed E-state index contributed by atoms with van der Waals surface area (Å²) in [5.41, 5.74) is 0.992. The number of hydrogen-bond donors (Lipinski definition) is 2. The van der Waals surface area contributed by atoms with Gasteiger partial charge in [0.25, 0.3) is 0 Å². The second-order valence-electron chi connectivity index (χ2n) is 3.49. The Hall–Kier alpha value is -1.55. The van der Waals surface area contributed by atoms with Gasteiger partial charge in [0.2, 0.25) is 0 Å². The van der Waals surface area contributed by atoms with Crippen LogP contribution in [0.3, 0.4) is 0 Å². The van der Waals surface area contributed by atoms with Crippen LogP contribution in [0.5, 0.6) is 0 Å². The van der Waals surface area contributed by atoms with Crippen molar-refractivity contribution < 1.29 is 9.53 Å². The molecule has 0 heterocycles. The Morgan fingerprint density at radius 3 is 2.62 bits per heavy atom. The minimum atomic E-state index is -0.383. The van der Waals surface area contributed by atoms with Crippen molar-refractivity contribution in [1.29, 1.82) is 0 Å². The molecule has 0 aliphatic carbocycles. The first-order valence-electron chi connectivity index (χ1n) is 5.38. The Labute approximate surface area is 96.0 Å². The van der Waals surface area contributed by atoms with E-state index < -0.39 is 0 Å². The molecule has 1 atom stereocenters. The fourth-order valence-corrected chi connectivity index (χ4v) is 1.28. The van der Waals surface area contributed by atoms with Crippen LogP contribution in [0, 0.1) is 0 Å². The van der Waals surface area contributed by atoms with Crippen molar-refractivity contribution in [1.82, 2.24) is 10.6 Å². The molecule has 0 aliphatic rings. The predicted octanol–water partition coefficient (Wildman–Crippen LogP) is 1.69. The molecule has 0 bridgehead atoms. The van der Waals surface area contributed by atoms with Crippen LogP contribution in [0.25, 0.3) is 0 Å². The number of rotatable bonds is 5. The fraction of sp³-hybridized carbons (Fsp3) is 0.417. The topological polar surface area (TPSA) is 50.4 Å². The second kappa shape index (κ2) is 6.85. The van der Waals surface area contributed by atoms with Crippen molar-refractivity contribution in [2.24, 2.45) is 0 Å². The zero-order chi connectivity index (χ0) is 11.8. The van der Waals surface area contributed by atoms with Crippen molar-refractivity contribution >= 4 is 6.09 Å². The molecule has 0 aliphatic heterocycles. The van der Waals surface area contributed by atoms with Gasteiger partial charge >= 0.3 is 6.09 Å². The third kappa shape index (κ3) is 4.31. The number of nitrogens with one attached hydrogen (secondary N) is 2. The van der Waals surface area contributed by atoms with Gasteiger partial charge in [0.15, 0.2) is 0 Å². The van der Waals surface area contributed by atoms with Gasteiger partial charge in [-0.15, -0.1) is 0 Å². The molecule has 2 N–H and O–H groups in total. The van der Waals surface area contributed by atoms with Crippen molar-refractivity contribution in [3.8, 4) is 0 Å². The van der Waals surface area contributed by atoms with E-state index in [0.29, 0.717) is 6.54 Å². The Morgan fingerprint density at radius 2 is 2.00 bits per heavy atom. The summed E-state index contributed by atoms with van der Waals surface area (Å²) < 4.78 is 5.21. The van der Waals surface area contributed by atoms with Crippen molar-refractivity contribution in [2.75, 3.05) is 20.1 Å². The average Bonchev–Trinajstić information content (AvgIpc) is 2.30. The molecule has 1 rings (SSSR count). The van der Waals surface area contributed by atoms with Gasteiger partial charge in [0.1, 0.15) is 6.10 Å². The number of alkyl carbamates (subject to hydrolysis) is 1. The van der Waals surface area contributed by atoms with E-state index in [1.807, 2.05) is 44.3 Å². The van der Waals surface area contributed by atoms with Crippen LogP contribution in [-0.2, 0) is 4.74 Å². The maximum absolute atomic E-state index is 11.3. The molecule has 0 aromatic heterocycles. The van der Waals surface area contributed by atoms with Gasteiger partial charge in [0.05, 0.1) is 0 Å². The van der Waals surface area contributed by atoms with Gasteiger partial charge in [-0.2, -0.15) is 0 Å². The Balaban J connectivity index is 2.34. The van der Waals surface area contributed by atoms with Crippen LogP contribution in [-0.4, -0.2) is 26.2 Å². The molecule has 1 aromatic carbocycles. The van der Waals surface area contributed by atoms with E-state index in [1.165, 1.54) is 0 Å². The Kier molecular flexibility index (Phi) is 5.36. The number of likely N-dealkylation sites (N-methyl/N-ethyl adjacent to an activating group) is 1. The smallest absolute Gasteiger partial charge is 0.407 e. The Morgan fingerprint density at radius 1 is 1.31 bits per heavy atom. The minimum absolute atomic E-state index is 0.226. The van der Waals surface area contributed by atoms with Gasteiger partial charge in [-0.05, 0) is 19.5 Å². The third-order valence-corrected chi connectivity index (χ3v) is 2.20. The lowest BCUT2D eigenvalue weighted by Gasteiger charge is -2.14. The van der Waals surface area contributed by atoms with E-state index in [-0.39, 0.29) is 12.2 Å². The van der Waals surface area contributed by atoms with Crippen LogP contribution < -0.4 is 10.6 Å². The highest BCUT2D eigenvalue weighted by Gasteiger charge is 2.09. The molecule has 4 heteroatoms. The molecule has 0 fully saturated rings. The summed E-state index contributed by atoms with van der Waals surface area (Å²) in [6.07, 6.45) is -0.609. The molecule has 0 radical (unpaired) electrons. The number of benzene rings is 1. The van der Waals surface area contributed by atoms with Crippen LogP contribution in [0.2, 0.25) is 0 Å². The summed E-state index contributed by atoms with van der Waals surface area (Å²) in [4.78, 5) is 11.3. The van der Waals surface area contributed by atoms with Gasteiger partial charge in [-0.1, -0.05) is 30.3 Å². The molecule has 0 spiro atoms. The average molecular weight is 222 g/mol. The number of ether oxygens (including phenoxy) is 1. The summed E-state index contributed by atoms with van der Waals surface area (Å²) in [7, 11) is 1.83. The zero-order valence-electron chi connectivity index (χ0n) is 9.69. The summed E-state index contributed by atoms with van der Waals surface area (Å²) in [5, 5.41) is 5.60. The van der Waals surface area contributed by atoms with Gasteiger partial charge in [-0.3, -0.25) is 0 Å². The van der Waals surface area contributed by atoms with Crippen LogP contribution in [0.4, 0.5) is 4.79 Å². The molecule has 1 amide bonds. The number of carbonyl (C=O) groups is 1. The van der Waals surface area contributed by atoms with Gasteiger partial charge in [-0.25, -0.2) is 4.79 Å². The molecule has 88 valence electrons. The number of amides is 1. The third-order valence-electron chi connectivity index (χ3n) is 2.20. The molecule has 0 saturated carbocycles. The molecule has 1 aromatic rings. The molecular formula is C12H18N2O2. The van der Waals surface area contributed by atoms with E-state index in [0.717, 1.165) is 12.1 Å². The van der Waals surface area contributed by atoms with E-state index in [2.05, 4.69) is 10.6 Å². The van der Waals surface area contributed by atoms with Crippen molar-refractivity contribution in [3.63, 3.8) is 0 Å². The van der Waals surface area contributed by atoms with E-state index in [4.69, 9.17) is 4.74 Å². The van der Waals surface area contributed by atoms with Crippen molar-refractivity contribution in [2.45, 2.75) is 13.0 Å². The van der Waals surface area contributed by atoms with Gasteiger partial charge < -0.3 is 15.4 Å². The normalized spacial score (nSPS) is 11.9. The highest BCUT2D eigenvalue weighted by molar-refractivity contribution is 5.67. The highest BCUT2D eigenvalue weighted by Crippen LogP contribution is 2.15. The summed E-state index contributed by atoms with van der Waals surface area (Å²) in [6.45, 7) is 3.15. The Bertz CT molecular complexity index is 314. The summed E-state index contributed by atoms with van der Waals surface area (Å²) >= 11 is 0. The first-order chi connectivity index (χ1) is 7.74. The maximum atomic E-state index is 11.3. The van der Waals surface area contributed by atoms with E-state index in [1.54, 1.807) is 0 Å². The molecular weight excluding hydrogens is 204 g/mol. The summed E-state index contributed by atoms with van der Waals surface area (Å²) in [5.74, 6) is 0. The monoisotopic (exact) mass is 222 g/mol. The van der Waals surface area contributed by atoms with Crippen LogP contribution in [0.1, 0.15) is 18.6 Å². The SMILES string of the molecule is CNCCNC(=O)OC(C)c1ccccc1. The molecule has 4 nitrogen and oxygen atoms in total. The largest absolute Gasteiger partial charge is 0.442 e. The van der Waals surface area contributed by atoms with Crippen LogP contribution in [0.15, 0.2) is 30.3 Å². The standard InChI is InChI=1S/C12H18N2O2/c1-10(11-6-4-3-5-7-11)16-12(15)14-9-8-13-2/h3-7,10,13H,8-9H2,1-2H3,(H,14,15). The quantitative estimate of drug-likeness (QED) is 0.745. The maximum Gasteiger partial charge on any atom is 0.407 e. The molecule has 16 heavy (non-hydrogen) atoms. The lowest BCUT2D eigenvalue weighted by Crippen LogP contribution is -2.31. The molecule has 0 saturated heterocycles. The van der Waals surface area contributed by atoms with Crippen LogP contribution >= 0.6 is 0 Å². The first kappa shape index (κ1) is 12.5. The minimum Gasteiger partial charge on any atom is -0.442 e. The van der Waals surface area contributed by atoms with E-state index in [9.17, 15) is 4.79 Å². The predicted molar refractivity (Wildman–Crippen MR) is 63.3 cm³/mol. The first-order valence-corrected chi connectivity index (χ1v) is 5.38. The number of hydrogen-bond acceptors (Lipinski definition) is 3. The zero-order valence-corrected chi connectivity index (χ0v) is 9.69. The second-order valence-corrected chi connectivity index (χ2v) is 3.49. The fourth-order valence-electron chi connectivity index (χ4n) is 1.28. The highest BCUT2D eigenvalue weighted by atomic mass is 16.6. The lowest BCUT2D eigenvalue weighted by atomic mass is 10.1. The van der Waals surface area contributed by atoms with E-state index >= 15 is 0 Å². The lowest BCUT2D eigenvalue weighted by molar-refractivity contribution is 0.107. The summed E-state index contributed by atoms with van der Waals surface area (Å²) in [6, 6.07) is 9.66.